The van der Waals surface area contributed by atoms with Crippen LogP contribution in [0.15, 0.2) is 34.4 Å². The van der Waals surface area contributed by atoms with Crippen LogP contribution in [0.5, 0.6) is 11.6 Å². The van der Waals surface area contributed by atoms with E-state index >= 15 is 0 Å². The number of aromatic nitrogens is 2. The van der Waals surface area contributed by atoms with Gasteiger partial charge in [0.1, 0.15) is 16.8 Å². The van der Waals surface area contributed by atoms with Crippen molar-refractivity contribution in [3.63, 3.8) is 0 Å². The third kappa shape index (κ3) is 2.35. The van der Waals surface area contributed by atoms with Crippen LogP contribution in [0.1, 0.15) is 11.1 Å². The summed E-state index contributed by atoms with van der Waals surface area (Å²) in [4.78, 5) is 8.52. The molecule has 0 bridgehead atoms. The lowest BCUT2D eigenvalue weighted by Crippen LogP contribution is -1.91. The highest BCUT2D eigenvalue weighted by Crippen LogP contribution is 2.35. The first-order valence-electron chi connectivity index (χ1n) is 5.78. The Labute approximate surface area is 123 Å². The molecule has 0 aliphatic rings. The maximum atomic E-state index is 5.90. The van der Waals surface area contributed by atoms with E-state index in [0.29, 0.717) is 5.88 Å². The summed E-state index contributed by atoms with van der Waals surface area (Å²) >= 11 is 5.11. The molecule has 3 rings (SSSR count). The van der Waals surface area contributed by atoms with Crippen LogP contribution < -0.4 is 4.74 Å². The Kier molecular flexibility index (Phi) is 3.24. The van der Waals surface area contributed by atoms with Crippen LogP contribution in [0.3, 0.4) is 0 Å². The minimum Gasteiger partial charge on any atom is -0.436 e. The molecule has 0 amide bonds. The van der Waals surface area contributed by atoms with Gasteiger partial charge in [-0.15, -0.1) is 11.3 Å². The Morgan fingerprint density at radius 2 is 2.05 bits per heavy atom. The Morgan fingerprint density at radius 3 is 2.84 bits per heavy atom. The van der Waals surface area contributed by atoms with Crippen molar-refractivity contribution in [2.75, 3.05) is 0 Å². The summed E-state index contributed by atoms with van der Waals surface area (Å²) in [6.45, 7) is 4.08. The van der Waals surface area contributed by atoms with Crippen molar-refractivity contribution in [2.45, 2.75) is 13.8 Å². The summed E-state index contributed by atoms with van der Waals surface area (Å²) in [5, 5.41) is 2.07. The molecule has 5 heteroatoms. The fourth-order valence-electron chi connectivity index (χ4n) is 1.81. The van der Waals surface area contributed by atoms with Crippen LogP contribution in [0.4, 0.5) is 0 Å². The van der Waals surface area contributed by atoms with Gasteiger partial charge in [-0.3, -0.25) is 0 Å². The fourth-order valence-corrected chi connectivity index (χ4v) is 3.31. The number of thiophene rings is 1. The predicted molar refractivity (Wildman–Crippen MR) is 81.1 cm³/mol. The number of fused-ring (bicyclic) bond motifs is 1. The second-order valence-electron chi connectivity index (χ2n) is 4.31. The third-order valence-corrected chi connectivity index (χ3v) is 4.49. The van der Waals surface area contributed by atoms with Gasteiger partial charge in [0.05, 0.1) is 9.99 Å². The Bertz CT molecular complexity index is 754. The van der Waals surface area contributed by atoms with Gasteiger partial charge in [-0.2, -0.15) is 0 Å². The van der Waals surface area contributed by atoms with Crippen LogP contribution in [0.2, 0.25) is 0 Å². The molecule has 0 spiro atoms. The van der Waals surface area contributed by atoms with Gasteiger partial charge in [0, 0.05) is 0 Å². The molecule has 0 saturated carbocycles. The summed E-state index contributed by atoms with van der Waals surface area (Å²) in [5.41, 5.74) is 3.28. The summed E-state index contributed by atoms with van der Waals surface area (Å²) in [7, 11) is 0. The van der Waals surface area contributed by atoms with Gasteiger partial charge in [-0.05, 0) is 58.4 Å². The van der Waals surface area contributed by atoms with Gasteiger partial charge in [0.25, 0.3) is 0 Å². The molecule has 2 heterocycles. The van der Waals surface area contributed by atoms with Gasteiger partial charge in [-0.25, -0.2) is 9.97 Å². The molecule has 3 nitrogen and oxygen atoms in total. The lowest BCUT2D eigenvalue weighted by atomic mass is 10.2. The summed E-state index contributed by atoms with van der Waals surface area (Å²) in [6, 6.07) is 5.97. The first-order chi connectivity index (χ1) is 9.15. The zero-order valence-corrected chi connectivity index (χ0v) is 12.9. The van der Waals surface area contributed by atoms with Gasteiger partial charge in [0.2, 0.25) is 5.88 Å². The molecule has 19 heavy (non-hydrogen) atoms. The predicted octanol–water partition coefficient (Wildman–Crippen LogP) is 4.86. The second kappa shape index (κ2) is 4.90. The van der Waals surface area contributed by atoms with E-state index in [1.165, 1.54) is 5.56 Å². The van der Waals surface area contributed by atoms with E-state index in [0.717, 1.165) is 26.0 Å². The Hall–Kier alpha value is -1.46. The average molecular weight is 335 g/mol. The number of hydrogen-bond acceptors (Lipinski definition) is 4. The van der Waals surface area contributed by atoms with E-state index in [2.05, 4.69) is 31.3 Å². The molecule has 0 N–H and O–H groups in total. The highest BCUT2D eigenvalue weighted by Gasteiger charge is 2.11. The highest BCUT2D eigenvalue weighted by atomic mass is 79.9. The van der Waals surface area contributed by atoms with E-state index in [1.807, 2.05) is 32.0 Å². The molecular weight excluding hydrogens is 324 g/mol. The number of ether oxygens (including phenoxy) is 1. The average Bonchev–Trinajstić information content (AvgIpc) is 2.76. The number of benzene rings is 1. The first-order valence-corrected chi connectivity index (χ1v) is 7.45. The fraction of sp³-hybridized carbons (Fsp3) is 0.143. The van der Waals surface area contributed by atoms with Gasteiger partial charge < -0.3 is 4.74 Å². The molecule has 2 aromatic heterocycles. The lowest BCUT2D eigenvalue weighted by molar-refractivity contribution is 0.466. The minimum absolute atomic E-state index is 0.604. The van der Waals surface area contributed by atoms with Gasteiger partial charge in [-0.1, -0.05) is 6.07 Å². The summed E-state index contributed by atoms with van der Waals surface area (Å²) in [5.74, 6) is 1.37. The zero-order chi connectivity index (χ0) is 13.4. The van der Waals surface area contributed by atoms with Crippen molar-refractivity contribution < 1.29 is 4.74 Å². The quantitative estimate of drug-likeness (QED) is 0.671. The number of nitrogens with zero attached hydrogens (tertiary/aromatic N) is 2. The van der Waals surface area contributed by atoms with E-state index in [-0.39, 0.29) is 0 Å². The van der Waals surface area contributed by atoms with Crippen LogP contribution in [-0.2, 0) is 0 Å². The molecule has 0 fully saturated rings. The lowest BCUT2D eigenvalue weighted by Gasteiger charge is -2.07. The molecule has 96 valence electrons. The largest absolute Gasteiger partial charge is 0.436 e. The van der Waals surface area contributed by atoms with Crippen LogP contribution in [0.25, 0.3) is 10.2 Å². The number of aryl methyl sites for hydroxylation is 2. The van der Waals surface area contributed by atoms with Crippen molar-refractivity contribution in [1.82, 2.24) is 9.97 Å². The third-order valence-electron chi connectivity index (χ3n) is 2.79. The summed E-state index contributed by atoms with van der Waals surface area (Å²) < 4.78 is 7.81. The van der Waals surface area contributed by atoms with E-state index in [4.69, 9.17) is 4.74 Å². The number of rotatable bonds is 2. The SMILES string of the molecule is Cc1ccc(Oc2ncnc3c(C)csc23)c(Br)c1. The molecule has 0 radical (unpaired) electrons. The van der Waals surface area contributed by atoms with E-state index in [1.54, 1.807) is 17.7 Å². The Balaban J connectivity index is 2.06. The van der Waals surface area contributed by atoms with Crippen LogP contribution in [0, 0.1) is 13.8 Å². The molecule has 0 aliphatic carbocycles. The molecule has 0 aliphatic heterocycles. The standard InChI is InChI=1S/C14H11BrN2OS/c1-8-3-4-11(10(15)5-8)18-14-13-12(16-7-17-14)9(2)6-19-13/h3-7H,1-2H3. The normalized spacial score (nSPS) is 10.9. The van der Waals surface area contributed by atoms with Crippen molar-refractivity contribution in [3.05, 3.63) is 45.5 Å². The van der Waals surface area contributed by atoms with Crippen molar-refractivity contribution in [2.24, 2.45) is 0 Å². The smallest absolute Gasteiger partial charge is 0.240 e. The van der Waals surface area contributed by atoms with Crippen LogP contribution >= 0.6 is 27.3 Å². The maximum Gasteiger partial charge on any atom is 0.240 e. The van der Waals surface area contributed by atoms with E-state index < -0.39 is 0 Å². The van der Waals surface area contributed by atoms with Gasteiger partial charge in [0.15, 0.2) is 0 Å². The maximum absolute atomic E-state index is 5.90. The summed E-state index contributed by atoms with van der Waals surface area (Å²) in [6.07, 6.45) is 1.54. The minimum atomic E-state index is 0.604. The molecular formula is C14H11BrN2OS. The first kappa shape index (κ1) is 12.6. The molecule has 3 aromatic rings. The van der Waals surface area contributed by atoms with E-state index in [9.17, 15) is 0 Å². The molecule has 0 saturated heterocycles. The highest BCUT2D eigenvalue weighted by molar-refractivity contribution is 9.10. The Morgan fingerprint density at radius 1 is 1.21 bits per heavy atom. The van der Waals surface area contributed by atoms with Crippen molar-refractivity contribution in [3.8, 4) is 11.6 Å². The second-order valence-corrected chi connectivity index (χ2v) is 6.05. The molecule has 0 atom stereocenters. The zero-order valence-electron chi connectivity index (χ0n) is 10.5. The molecule has 1 aromatic carbocycles. The van der Waals surface area contributed by atoms with Crippen LogP contribution in [-0.4, -0.2) is 9.97 Å². The monoisotopic (exact) mass is 334 g/mol. The van der Waals surface area contributed by atoms with Crippen molar-refractivity contribution in [1.29, 1.82) is 0 Å². The number of halogens is 1. The van der Waals surface area contributed by atoms with Crippen molar-refractivity contribution >= 4 is 37.5 Å². The van der Waals surface area contributed by atoms with Gasteiger partial charge >= 0.3 is 0 Å². The topological polar surface area (TPSA) is 35.0 Å². The molecule has 0 unspecified atom stereocenters. The number of hydrogen-bond donors (Lipinski definition) is 0.